The Labute approximate surface area is 125 Å². The fraction of sp³-hybridized carbons (Fsp3) is 0.286. The van der Waals surface area contributed by atoms with Crippen LogP contribution in [0.3, 0.4) is 0 Å². The number of fused-ring (bicyclic) bond motifs is 1. The summed E-state index contributed by atoms with van der Waals surface area (Å²) in [6, 6.07) is 7.91. The third-order valence-electron chi connectivity index (χ3n) is 2.82. The number of hydrogen-bond acceptors (Lipinski definition) is 5. The van der Waals surface area contributed by atoms with E-state index in [9.17, 15) is 0 Å². The van der Waals surface area contributed by atoms with E-state index in [1.807, 2.05) is 35.0 Å². The first-order chi connectivity index (χ1) is 9.80. The molecule has 2 heterocycles. The van der Waals surface area contributed by atoms with Crippen molar-refractivity contribution in [3.8, 4) is 17.0 Å². The van der Waals surface area contributed by atoms with Crippen molar-refractivity contribution in [1.29, 1.82) is 0 Å². The van der Waals surface area contributed by atoms with Gasteiger partial charge in [-0.2, -0.15) is 0 Å². The summed E-state index contributed by atoms with van der Waals surface area (Å²) in [6.07, 6.45) is 3.12. The molecule has 0 spiro atoms. The second-order valence-electron chi connectivity index (χ2n) is 4.30. The number of ether oxygens (including phenoxy) is 1. The van der Waals surface area contributed by atoms with Crippen LogP contribution in [0.1, 0.15) is 13.3 Å². The van der Waals surface area contributed by atoms with Crippen LogP contribution in [0.2, 0.25) is 0 Å². The highest BCUT2D eigenvalue weighted by atomic mass is 32.2. The number of imidazole rings is 1. The van der Waals surface area contributed by atoms with Gasteiger partial charge in [-0.15, -0.1) is 5.10 Å². The van der Waals surface area contributed by atoms with Crippen molar-refractivity contribution in [3.05, 3.63) is 30.5 Å². The van der Waals surface area contributed by atoms with Crippen LogP contribution in [0.15, 0.2) is 34.8 Å². The Balaban J connectivity index is 1.90. The molecular weight excluding hydrogens is 290 g/mol. The molecule has 20 heavy (non-hydrogen) atoms. The summed E-state index contributed by atoms with van der Waals surface area (Å²) in [5.41, 5.74) is 1.97. The molecule has 104 valence electrons. The molecule has 0 amide bonds. The number of rotatable bonds is 5. The third kappa shape index (κ3) is 2.66. The molecule has 0 fully saturated rings. The van der Waals surface area contributed by atoms with E-state index in [-0.39, 0.29) is 0 Å². The van der Waals surface area contributed by atoms with Gasteiger partial charge in [0.2, 0.25) is 4.96 Å². The molecule has 1 aromatic carbocycles. The summed E-state index contributed by atoms with van der Waals surface area (Å²) in [6.45, 7) is 2.17. The van der Waals surface area contributed by atoms with Crippen LogP contribution >= 0.6 is 23.1 Å². The predicted molar refractivity (Wildman–Crippen MR) is 83.9 cm³/mol. The lowest BCUT2D eigenvalue weighted by Crippen LogP contribution is -1.84. The minimum absolute atomic E-state index is 0.839. The molecule has 0 aliphatic heterocycles. The molecule has 3 rings (SSSR count). The van der Waals surface area contributed by atoms with E-state index < -0.39 is 0 Å². The van der Waals surface area contributed by atoms with Crippen molar-refractivity contribution in [3.63, 3.8) is 0 Å². The molecule has 0 atom stereocenters. The Kier molecular flexibility index (Phi) is 3.93. The van der Waals surface area contributed by atoms with Crippen molar-refractivity contribution >= 4 is 28.1 Å². The largest absolute Gasteiger partial charge is 0.497 e. The fourth-order valence-corrected chi connectivity index (χ4v) is 3.70. The van der Waals surface area contributed by atoms with E-state index in [0.717, 1.165) is 38.5 Å². The van der Waals surface area contributed by atoms with Crippen LogP contribution in [0.5, 0.6) is 5.75 Å². The van der Waals surface area contributed by atoms with Crippen molar-refractivity contribution < 1.29 is 4.74 Å². The summed E-state index contributed by atoms with van der Waals surface area (Å²) in [4.78, 5) is 5.57. The highest BCUT2D eigenvalue weighted by molar-refractivity contribution is 8.01. The average Bonchev–Trinajstić information content (AvgIpc) is 3.03. The maximum atomic E-state index is 5.24. The van der Waals surface area contributed by atoms with Gasteiger partial charge in [0.1, 0.15) is 5.75 Å². The normalized spacial score (nSPS) is 11.1. The monoisotopic (exact) mass is 305 g/mol. The van der Waals surface area contributed by atoms with Crippen LogP contribution in [-0.2, 0) is 0 Å². The van der Waals surface area contributed by atoms with Crippen molar-refractivity contribution in [1.82, 2.24) is 14.6 Å². The summed E-state index contributed by atoms with van der Waals surface area (Å²) in [7, 11) is 1.67. The van der Waals surface area contributed by atoms with Gasteiger partial charge in [0.15, 0.2) is 4.34 Å². The Morgan fingerprint density at radius 2 is 2.30 bits per heavy atom. The first-order valence-corrected chi connectivity index (χ1v) is 8.24. The van der Waals surface area contributed by atoms with E-state index in [2.05, 4.69) is 17.0 Å². The maximum absolute atomic E-state index is 5.24. The molecule has 0 aliphatic rings. The lowest BCUT2D eigenvalue weighted by Gasteiger charge is -2.01. The first kappa shape index (κ1) is 13.5. The van der Waals surface area contributed by atoms with E-state index in [4.69, 9.17) is 4.74 Å². The predicted octanol–water partition coefficient (Wildman–Crippen LogP) is 3.97. The zero-order valence-corrected chi connectivity index (χ0v) is 13.0. The molecule has 0 N–H and O–H groups in total. The highest BCUT2D eigenvalue weighted by Gasteiger charge is 2.10. The Morgan fingerprint density at radius 3 is 3.05 bits per heavy atom. The number of methoxy groups -OCH3 is 1. The summed E-state index contributed by atoms with van der Waals surface area (Å²) in [5.74, 6) is 1.94. The maximum Gasteiger partial charge on any atom is 0.213 e. The van der Waals surface area contributed by atoms with Crippen molar-refractivity contribution in [2.75, 3.05) is 12.9 Å². The minimum Gasteiger partial charge on any atom is -0.497 e. The molecule has 0 bridgehead atoms. The molecule has 0 radical (unpaired) electrons. The molecular formula is C14H15N3OS2. The Bertz CT molecular complexity index is 689. The average molecular weight is 305 g/mol. The smallest absolute Gasteiger partial charge is 0.213 e. The standard InChI is InChI=1S/C14H15N3OS2/c1-3-7-19-14-16-17-9-12(15-13(17)20-14)10-5-4-6-11(8-10)18-2/h4-6,8-9H,3,7H2,1-2H3. The molecule has 3 aromatic rings. The lowest BCUT2D eigenvalue weighted by atomic mass is 10.1. The van der Waals surface area contributed by atoms with Gasteiger partial charge < -0.3 is 4.74 Å². The molecule has 0 saturated heterocycles. The first-order valence-electron chi connectivity index (χ1n) is 6.43. The van der Waals surface area contributed by atoms with Gasteiger partial charge in [0.25, 0.3) is 0 Å². The lowest BCUT2D eigenvalue weighted by molar-refractivity contribution is 0.415. The molecule has 2 aromatic heterocycles. The number of nitrogens with zero attached hydrogens (tertiary/aromatic N) is 3. The summed E-state index contributed by atoms with van der Waals surface area (Å²) >= 11 is 3.42. The van der Waals surface area contributed by atoms with Gasteiger partial charge in [-0.05, 0) is 18.6 Å². The van der Waals surface area contributed by atoms with E-state index in [1.165, 1.54) is 0 Å². The van der Waals surface area contributed by atoms with Crippen molar-refractivity contribution in [2.24, 2.45) is 0 Å². The van der Waals surface area contributed by atoms with Gasteiger partial charge in [-0.25, -0.2) is 9.50 Å². The van der Waals surface area contributed by atoms with Crippen LogP contribution in [0.25, 0.3) is 16.2 Å². The molecule has 0 aliphatic carbocycles. The van der Waals surface area contributed by atoms with Crippen LogP contribution in [-0.4, -0.2) is 27.5 Å². The van der Waals surface area contributed by atoms with Crippen LogP contribution in [0.4, 0.5) is 0 Å². The number of thioether (sulfide) groups is 1. The number of hydrogen-bond donors (Lipinski definition) is 0. The minimum atomic E-state index is 0.839. The summed E-state index contributed by atoms with van der Waals surface area (Å²) in [5, 5.41) is 4.54. The second-order valence-corrected chi connectivity index (χ2v) is 6.60. The van der Waals surface area contributed by atoms with Gasteiger partial charge in [0, 0.05) is 11.3 Å². The highest BCUT2D eigenvalue weighted by Crippen LogP contribution is 2.28. The van der Waals surface area contributed by atoms with E-state index in [0.29, 0.717) is 0 Å². The molecule has 0 saturated carbocycles. The zero-order valence-electron chi connectivity index (χ0n) is 11.4. The Hall–Kier alpha value is -1.53. The van der Waals surface area contributed by atoms with Crippen LogP contribution in [0, 0.1) is 0 Å². The quantitative estimate of drug-likeness (QED) is 0.669. The zero-order chi connectivity index (χ0) is 13.9. The van der Waals surface area contributed by atoms with Crippen LogP contribution < -0.4 is 4.74 Å². The molecule has 4 nitrogen and oxygen atoms in total. The van der Waals surface area contributed by atoms with Gasteiger partial charge in [-0.1, -0.05) is 42.2 Å². The van der Waals surface area contributed by atoms with Crippen molar-refractivity contribution in [2.45, 2.75) is 17.7 Å². The van der Waals surface area contributed by atoms with E-state index in [1.54, 1.807) is 30.2 Å². The molecule has 6 heteroatoms. The second kappa shape index (κ2) is 5.85. The third-order valence-corrected chi connectivity index (χ3v) is 5.08. The summed E-state index contributed by atoms with van der Waals surface area (Å²) < 4.78 is 8.18. The fourth-order valence-electron chi connectivity index (χ4n) is 1.85. The topological polar surface area (TPSA) is 39.4 Å². The Morgan fingerprint density at radius 1 is 1.40 bits per heavy atom. The molecule has 0 unspecified atom stereocenters. The van der Waals surface area contributed by atoms with Gasteiger partial charge in [0.05, 0.1) is 19.0 Å². The number of aromatic nitrogens is 3. The number of benzene rings is 1. The SMILES string of the molecule is CCCSc1nn2cc(-c3cccc(OC)c3)nc2s1. The van der Waals surface area contributed by atoms with Gasteiger partial charge >= 0.3 is 0 Å². The van der Waals surface area contributed by atoms with Gasteiger partial charge in [-0.3, -0.25) is 0 Å². The van der Waals surface area contributed by atoms with E-state index >= 15 is 0 Å².